The van der Waals surface area contributed by atoms with E-state index in [0.29, 0.717) is 4.47 Å². The number of rotatable bonds is 2. The highest BCUT2D eigenvalue weighted by Crippen LogP contribution is 2.46. The fourth-order valence-corrected chi connectivity index (χ4v) is 2.93. The van der Waals surface area contributed by atoms with Crippen molar-refractivity contribution in [1.82, 2.24) is 9.47 Å². The van der Waals surface area contributed by atoms with Crippen molar-refractivity contribution in [2.75, 3.05) is 13.1 Å². The number of halogens is 4. The lowest BCUT2D eigenvalue weighted by molar-refractivity contribution is -0.227. The molecule has 1 aromatic rings. The smallest absolute Gasteiger partial charge is 0.406 e. The van der Waals surface area contributed by atoms with Gasteiger partial charge >= 0.3 is 12.1 Å². The van der Waals surface area contributed by atoms with E-state index in [2.05, 4.69) is 15.9 Å². The number of carboxylic acid groups (broad SMARTS) is 1. The van der Waals surface area contributed by atoms with E-state index in [-0.39, 0.29) is 12.2 Å². The quantitative estimate of drug-likeness (QED) is 0.870. The second-order valence-electron chi connectivity index (χ2n) is 5.02. The Bertz CT molecular complexity index is 599. The van der Waals surface area contributed by atoms with Crippen LogP contribution in [0.4, 0.5) is 13.2 Å². The number of nitrogens with zero attached hydrogens (tertiary/aromatic N) is 2. The highest BCUT2D eigenvalue weighted by atomic mass is 79.9. The van der Waals surface area contributed by atoms with Gasteiger partial charge in [-0.15, -0.1) is 0 Å². The molecule has 1 atom stereocenters. The average molecular weight is 369 g/mol. The van der Waals surface area contributed by atoms with Gasteiger partial charge in [0.25, 0.3) is 5.91 Å². The number of amides is 1. The average Bonchev–Trinajstić information content (AvgIpc) is 2.92. The molecule has 1 aliphatic heterocycles. The number of hydrogen-bond donors (Lipinski definition) is 1. The summed E-state index contributed by atoms with van der Waals surface area (Å²) < 4.78 is 41.3. The zero-order valence-electron chi connectivity index (χ0n) is 10.9. The molecule has 2 rings (SSSR count). The summed E-state index contributed by atoms with van der Waals surface area (Å²) in [6.07, 6.45) is -3.94. The van der Waals surface area contributed by atoms with Gasteiger partial charge in [-0.05, 0) is 28.4 Å². The van der Waals surface area contributed by atoms with E-state index < -0.39 is 36.4 Å². The van der Waals surface area contributed by atoms with Crippen molar-refractivity contribution < 1.29 is 27.9 Å². The van der Waals surface area contributed by atoms with E-state index in [1.54, 1.807) is 13.2 Å². The van der Waals surface area contributed by atoms with Gasteiger partial charge < -0.3 is 14.6 Å². The zero-order chi connectivity index (χ0) is 16.0. The molecule has 1 unspecified atom stereocenters. The lowest BCUT2D eigenvalue weighted by atomic mass is 9.86. The molecule has 116 valence electrons. The molecular weight excluding hydrogens is 357 g/mol. The summed E-state index contributed by atoms with van der Waals surface area (Å²) in [5.41, 5.74) is -2.68. The Hall–Kier alpha value is -1.51. The van der Waals surface area contributed by atoms with E-state index in [9.17, 15) is 22.8 Å². The summed E-state index contributed by atoms with van der Waals surface area (Å²) in [6.45, 7) is -1.11. The first kappa shape index (κ1) is 15.9. The Morgan fingerprint density at radius 2 is 2.05 bits per heavy atom. The van der Waals surface area contributed by atoms with Crippen LogP contribution in [0.3, 0.4) is 0 Å². The van der Waals surface area contributed by atoms with Crippen LogP contribution in [0.1, 0.15) is 16.9 Å². The minimum absolute atomic E-state index is 0.199. The number of hydrogen-bond acceptors (Lipinski definition) is 2. The van der Waals surface area contributed by atoms with Crippen LogP contribution in [-0.4, -0.2) is 45.7 Å². The van der Waals surface area contributed by atoms with Crippen LogP contribution in [0.15, 0.2) is 16.7 Å². The number of aryl methyl sites for hydroxylation is 1. The molecule has 1 N–H and O–H groups in total. The number of aliphatic carboxylic acids is 1. The fraction of sp³-hybridized carbons (Fsp3) is 0.500. The van der Waals surface area contributed by atoms with Gasteiger partial charge in [0, 0.05) is 30.8 Å². The van der Waals surface area contributed by atoms with Crippen LogP contribution < -0.4 is 0 Å². The highest BCUT2D eigenvalue weighted by Gasteiger charge is 2.64. The van der Waals surface area contributed by atoms with E-state index in [1.165, 1.54) is 10.6 Å². The summed E-state index contributed by atoms with van der Waals surface area (Å²) in [7, 11) is 1.59. The van der Waals surface area contributed by atoms with Crippen LogP contribution in [0.2, 0.25) is 0 Å². The maximum absolute atomic E-state index is 13.1. The van der Waals surface area contributed by atoms with Crippen LogP contribution >= 0.6 is 15.9 Å². The summed E-state index contributed by atoms with van der Waals surface area (Å²) >= 11 is 3.17. The first-order valence-corrected chi connectivity index (χ1v) is 6.79. The van der Waals surface area contributed by atoms with Crippen LogP contribution in [0.25, 0.3) is 0 Å². The summed E-state index contributed by atoms with van der Waals surface area (Å²) in [6, 6.07) is 1.48. The lowest BCUT2D eigenvalue weighted by Crippen LogP contribution is -2.47. The third-order valence-corrected chi connectivity index (χ3v) is 4.13. The predicted octanol–water partition coefficient (Wildman–Crippen LogP) is 2.27. The molecule has 1 aromatic heterocycles. The van der Waals surface area contributed by atoms with Crippen molar-refractivity contribution in [3.8, 4) is 0 Å². The van der Waals surface area contributed by atoms with Gasteiger partial charge in [0.15, 0.2) is 5.41 Å². The van der Waals surface area contributed by atoms with Crippen molar-refractivity contribution >= 4 is 27.8 Å². The molecule has 1 amide bonds. The van der Waals surface area contributed by atoms with Crippen LogP contribution in [0, 0.1) is 5.41 Å². The van der Waals surface area contributed by atoms with Gasteiger partial charge in [-0.2, -0.15) is 13.2 Å². The van der Waals surface area contributed by atoms with Crippen LogP contribution in [0.5, 0.6) is 0 Å². The Labute approximate surface area is 126 Å². The normalized spacial score (nSPS) is 22.6. The molecule has 0 aromatic carbocycles. The third kappa shape index (κ3) is 2.54. The minimum atomic E-state index is -4.90. The first-order chi connectivity index (χ1) is 9.58. The van der Waals surface area contributed by atoms with Crippen molar-refractivity contribution in [1.29, 1.82) is 0 Å². The molecule has 2 heterocycles. The SMILES string of the molecule is Cn1cc(Br)cc1C(=O)N1CCC(C(=O)O)(C(F)(F)F)C1. The van der Waals surface area contributed by atoms with Crippen molar-refractivity contribution in [3.05, 3.63) is 22.4 Å². The molecule has 0 radical (unpaired) electrons. The molecule has 9 heteroatoms. The minimum Gasteiger partial charge on any atom is -0.481 e. The molecule has 1 aliphatic rings. The fourth-order valence-electron chi connectivity index (χ4n) is 2.41. The number of likely N-dealkylation sites (tertiary alicyclic amines) is 1. The molecule has 0 saturated carbocycles. The van der Waals surface area contributed by atoms with E-state index in [4.69, 9.17) is 5.11 Å². The summed E-state index contributed by atoms with van der Waals surface area (Å²) in [4.78, 5) is 24.3. The number of carboxylic acids is 1. The van der Waals surface area contributed by atoms with Crippen LogP contribution in [-0.2, 0) is 11.8 Å². The van der Waals surface area contributed by atoms with E-state index >= 15 is 0 Å². The topological polar surface area (TPSA) is 62.5 Å². The van der Waals surface area contributed by atoms with Gasteiger partial charge in [-0.1, -0.05) is 0 Å². The second kappa shape index (κ2) is 5.04. The monoisotopic (exact) mass is 368 g/mol. The Morgan fingerprint density at radius 1 is 1.43 bits per heavy atom. The lowest BCUT2D eigenvalue weighted by Gasteiger charge is -2.27. The first-order valence-electron chi connectivity index (χ1n) is 6.00. The third-order valence-electron chi connectivity index (χ3n) is 3.70. The number of alkyl halides is 3. The maximum atomic E-state index is 13.1. The summed E-state index contributed by atoms with van der Waals surface area (Å²) in [5, 5.41) is 8.96. The largest absolute Gasteiger partial charge is 0.481 e. The predicted molar refractivity (Wildman–Crippen MR) is 69.8 cm³/mol. The van der Waals surface area contributed by atoms with Gasteiger partial charge in [-0.25, -0.2) is 0 Å². The molecule has 5 nitrogen and oxygen atoms in total. The van der Waals surface area contributed by atoms with Gasteiger partial charge in [0.05, 0.1) is 0 Å². The van der Waals surface area contributed by atoms with E-state index in [0.717, 1.165) is 4.90 Å². The second-order valence-corrected chi connectivity index (χ2v) is 5.93. The Kier molecular flexibility index (Phi) is 3.81. The standard InChI is InChI=1S/C12H12BrF3N2O3/c1-17-5-7(13)4-8(17)9(19)18-3-2-11(6-18,10(20)21)12(14,15)16/h4-5H,2-3,6H2,1H3,(H,20,21). The molecule has 0 aliphatic carbocycles. The van der Waals surface area contributed by atoms with Gasteiger partial charge in [0.2, 0.25) is 0 Å². The van der Waals surface area contributed by atoms with Gasteiger partial charge in [0.1, 0.15) is 5.69 Å². The molecule has 0 spiro atoms. The van der Waals surface area contributed by atoms with Crippen molar-refractivity contribution in [2.45, 2.75) is 12.6 Å². The van der Waals surface area contributed by atoms with Gasteiger partial charge in [-0.3, -0.25) is 9.59 Å². The van der Waals surface area contributed by atoms with Crippen molar-refractivity contribution in [2.24, 2.45) is 12.5 Å². The molecule has 0 bridgehead atoms. The van der Waals surface area contributed by atoms with Crippen molar-refractivity contribution in [3.63, 3.8) is 0 Å². The molecule has 1 saturated heterocycles. The Morgan fingerprint density at radius 3 is 2.43 bits per heavy atom. The summed E-state index contributed by atoms with van der Waals surface area (Å²) in [5.74, 6) is -2.56. The molecule has 1 fully saturated rings. The van der Waals surface area contributed by atoms with E-state index in [1.807, 2.05) is 0 Å². The number of carbonyl (C=O) groups excluding carboxylic acids is 1. The zero-order valence-corrected chi connectivity index (χ0v) is 12.5. The Balaban J connectivity index is 2.28. The maximum Gasteiger partial charge on any atom is 0.406 e. The molecule has 21 heavy (non-hydrogen) atoms. The number of carbonyl (C=O) groups is 2. The molecular formula is C12H12BrF3N2O3. The highest BCUT2D eigenvalue weighted by molar-refractivity contribution is 9.10. The number of aromatic nitrogens is 1.